The second-order valence-electron chi connectivity index (χ2n) is 7.17. The maximum Gasteiger partial charge on any atom is 0.263 e. The van der Waals surface area contributed by atoms with Gasteiger partial charge in [0, 0.05) is 40.6 Å². The van der Waals surface area contributed by atoms with Gasteiger partial charge in [-0.25, -0.2) is 9.87 Å². The van der Waals surface area contributed by atoms with Gasteiger partial charge in [0.25, 0.3) is 5.91 Å². The Labute approximate surface area is 181 Å². The van der Waals surface area contributed by atoms with E-state index in [1.165, 1.54) is 12.3 Å². The normalized spacial score (nSPS) is 21.0. The number of benzene rings is 2. The fourth-order valence-electron chi connectivity index (χ4n) is 3.44. The number of anilines is 1. The third-order valence-electron chi connectivity index (χ3n) is 5.25. The molecular weight excluding hydrogens is 421 g/mol. The molecule has 3 rings (SSSR count). The number of hydroxylamine groups is 1. The van der Waals surface area contributed by atoms with Gasteiger partial charge >= 0.3 is 0 Å². The summed E-state index contributed by atoms with van der Waals surface area (Å²) in [4.78, 5) is 12.2. The first-order valence-corrected chi connectivity index (χ1v) is 11.2. The smallest absolute Gasteiger partial charge is 0.263 e. The summed E-state index contributed by atoms with van der Waals surface area (Å²) in [6.45, 7) is 0.227. The highest BCUT2D eigenvalue weighted by Gasteiger charge is 2.40. The van der Waals surface area contributed by atoms with Gasteiger partial charge in [-0.1, -0.05) is 24.3 Å². The Kier molecular flexibility index (Phi) is 7.61. The van der Waals surface area contributed by atoms with Crippen LogP contribution in [0.3, 0.4) is 0 Å². The standard InChI is InChI=1S/C21H24FN5O3S/c22-19-13-15(14-24-21(20(28)27-29)7-11-31(30)12-8-21)1-6-18(19)16-2-4-17(5-3-16)26-25-10-9-23/h1-6,9-10,13,23-24,26,29H,7-8,11-12,14H2,(H,27,28)/b23-9?,25-10-. The van der Waals surface area contributed by atoms with E-state index < -0.39 is 28.1 Å². The number of rotatable bonds is 8. The topological polar surface area (TPSA) is 127 Å². The molecule has 1 amide bonds. The fraction of sp³-hybridized carbons (Fsp3) is 0.286. The van der Waals surface area contributed by atoms with Gasteiger partial charge in [-0.15, -0.1) is 0 Å². The number of nitrogens with one attached hydrogen (secondary N) is 4. The minimum atomic E-state index is -1.03. The average molecular weight is 446 g/mol. The molecule has 0 saturated carbocycles. The highest BCUT2D eigenvalue weighted by atomic mass is 32.2. The molecule has 1 heterocycles. The van der Waals surface area contributed by atoms with Gasteiger partial charge in [0.1, 0.15) is 11.4 Å². The lowest BCUT2D eigenvalue weighted by Crippen LogP contribution is -2.59. The van der Waals surface area contributed by atoms with Crippen LogP contribution in [0.25, 0.3) is 11.1 Å². The molecule has 0 bridgehead atoms. The summed E-state index contributed by atoms with van der Waals surface area (Å²) in [5.41, 5.74) is 5.93. The first-order valence-electron chi connectivity index (χ1n) is 9.69. The lowest BCUT2D eigenvalue weighted by Gasteiger charge is -2.35. The number of hydrogen-bond donors (Lipinski definition) is 5. The lowest BCUT2D eigenvalue weighted by molar-refractivity contribution is -0.136. The second-order valence-corrected chi connectivity index (χ2v) is 8.87. The van der Waals surface area contributed by atoms with Crippen LogP contribution in [0.5, 0.6) is 0 Å². The van der Waals surface area contributed by atoms with Crippen LogP contribution in [0, 0.1) is 11.2 Å². The largest absolute Gasteiger partial charge is 0.307 e. The van der Waals surface area contributed by atoms with Crippen molar-refractivity contribution in [3.63, 3.8) is 0 Å². The molecule has 8 nitrogen and oxygen atoms in total. The third-order valence-corrected chi connectivity index (χ3v) is 6.57. The van der Waals surface area contributed by atoms with Crippen molar-refractivity contribution in [2.75, 3.05) is 16.9 Å². The number of hydrazone groups is 1. The van der Waals surface area contributed by atoms with E-state index in [0.29, 0.717) is 46.7 Å². The van der Waals surface area contributed by atoms with Crippen molar-refractivity contribution in [2.24, 2.45) is 5.10 Å². The maximum absolute atomic E-state index is 14.8. The number of carbonyl (C=O) groups excluding carboxylic acids is 1. The summed E-state index contributed by atoms with van der Waals surface area (Å²) in [6, 6.07) is 11.9. The van der Waals surface area contributed by atoms with E-state index in [-0.39, 0.29) is 6.54 Å². The quantitative estimate of drug-likeness (QED) is 0.242. The van der Waals surface area contributed by atoms with Crippen molar-refractivity contribution in [3.05, 3.63) is 53.8 Å². The minimum Gasteiger partial charge on any atom is -0.307 e. The molecule has 0 aromatic heterocycles. The molecule has 5 N–H and O–H groups in total. The molecule has 10 heteroatoms. The minimum absolute atomic E-state index is 0.227. The maximum atomic E-state index is 14.8. The molecule has 0 radical (unpaired) electrons. The summed E-state index contributed by atoms with van der Waals surface area (Å²) in [5, 5.41) is 22.9. The van der Waals surface area contributed by atoms with Crippen LogP contribution in [0.4, 0.5) is 10.1 Å². The Balaban J connectivity index is 1.70. The SMILES string of the molecule is N=C/C=N\Nc1ccc(-c2ccc(CNC3(C(=O)NO)CCS(=O)CC3)cc2F)cc1. The Morgan fingerprint density at radius 3 is 2.55 bits per heavy atom. The third kappa shape index (κ3) is 5.60. The van der Waals surface area contributed by atoms with Gasteiger partial charge in [-0.2, -0.15) is 5.10 Å². The van der Waals surface area contributed by atoms with E-state index in [0.717, 1.165) is 6.21 Å². The molecule has 1 fully saturated rings. The molecule has 0 spiro atoms. The molecule has 1 saturated heterocycles. The molecule has 2 aromatic rings. The van der Waals surface area contributed by atoms with Crippen LogP contribution in [-0.4, -0.2) is 44.8 Å². The van der Waals surface area contributed by atoms with E-state index in [2.05, 4.69) is 15.8 Å². The molecular formula is C21H24FN5O3S. The van der Waals surface area contributed by atoms with Gasteiger partial charge < -0.3 is 5.41 Å². The van der Waals surface area contributed by atoms with E-state index in [9.17, 15) is 13.4 Å². The first kappa shape index (κ1) is 22.7. The molecule has 0 atom stereocenters. The summed E-state index contributed by atoms with van der Waals surface area (Å²) >= 11 is 0. The molecule has 1 aliphatic heterocycles. The molecule has 31 heavy (non-hydrogen) atoms. The number of carbonyl (C=O) groups is 1. The van der Waals surface area contributed by atoms with Crippen LogP contribution in [-0.2, 0) is 22.1 Å². The highest BCUT2D eigenvalue weighted by Crippen LogP contribution is 2.27. The summed E-state index contributed by atoms with van der Waals surface area (Å²) < 4.78 is 26.4. The van der Waals surface area contributed by atoms with Crippen molar-refractivity contribution in [1.29, 1.82) is 5.41 Å². The lowest BCUT2D eigenvalue weighted by atomic mass is 9.91. The number of nitrogens with zero attached hydrogens (tertiary/aromatic N) is 1. The van der Waals surface area contributed by atoms with Crippen LogP contribution in [0.15, 0.2) is 47.6 Å². The van der Waals surface area contributed by atoms with Crippen LogP contribution >= 0.6 is 0 Å². The van der Waals surface area contributed by atoms with Crippen LogP contribution in [0.1, 0.15) is 18.4 Å². The zero-order chi connectivity index (χ0) is 22.3. The predicted octanol–water partition coefficient (Wildman–Crippen LogP) is 2.42. The summed E-state index contributed by atoms with van der Waals surface area (Å²) in [6.07, 6.45) is 3.02. The van der Waals surface area contributed by atoms with Crippen LogP contribution in [0.2, 0.25) is 0 Å². The Hall–Kier alpha value is -2.95. The zero-order valence-corrected chi connectivity index (χ0v) is 17.5. The first-order chi connectivity index (χ1) is 15.0. The van der Waals surface area contributed by atoms with Crippen molar-refractivity contribution in [2.45, 2.75) is 24.9 Å². The highest BCUT2D eigenvalue weighted by molar-refractivity contribution is 7.85. The summed E-state index contributed by atoms with van der Waals surface area (Å²) in [7, 11) is -0.969. The van der Waals surface area contributed by atoms with E-state index in [1.807, 2.05) is 0 Å². The van der Waals surface area contributed by atoms with Crippen LogP contribution < -0.4 is 16.2 Å². The van der Waals surface area contributed by atoms with E-state index in [1.54, 1.807) is 41.9 Å². The van der Waals surface area contributed by atoms with Gasteiger partial charge in [0.15, 0.2) is 0 Å². The predicted molar refractivity (Wildman–Crippen MR) is 119 cm³/mol. The second kappa shape index (κ2) is 10.4. The molecule has 0 aliphatic carbocycles. The Morgan fingerprint density at radius 2 is 1.94 bits per heavy atom. The molecule has 0 unspecified atom stereocenters. The van der Waals surface area contributed by atoms with Gasteiger partial charge in [-0.05, 0) is 42.2 Å². The van der Waals surface area contributed by atoms with E-state index >= 15 is 0 Å². The van der Waals surface area contributed by atoms with Gasteiger partial charge in [-0.3, -0.25) is 25.0 Å². The molecule has 164 valence electrons. The number of halogens is 1. The van der Waals surface area contributed by atoms with Crippen molar-refractivity contribution < 1.29 is 18.6 Å². The number of hydrogen-bond acceptors (Lipinski definition) is 7. The van der Waals surface area contributed by atoms with Gasteiger partial charge in [0.05, 0.1) is 11.9 Å². The molecule has 1 aliphatic rings. The van der Waals surface area contributed by atoms with E-state index in [4.69, 9.17) is 10.6 Å². The van der Waals surface area contributed by atoms with Gasteiger partial charge in [0.2, 0.25) is 0 Å². The Morgan fingerprint density at radius 1 is 1.23 bits per heavy atom. The van der Waals surface area contributed by atoms with Crippen molar-refractivity contribution >= 4 is 34.8 Å². The Bertz CT molecular complexity index is 987. The fourth-order valence-corrected chi connectivity index (χ4v) is 4.80. The molecule has 2 aromatic carbocycles. The van der Waals surface area contributed by atoms with Crippen molar-refractivity contribution in [3.8, 4) is 11.1 Å². The zero-order valence-electron chi connectivity index (χ0n) is 16.7. The monoisotopic (exact) mass is 445 g/mol. The summed E-state index contributed by atoms with van der Waals surface area (Å²) in [5.74, 6) is -0.233. The average Bonchev–Trinajstić information content (AvgIpc) is 2.79. The number of amides is 1. The van der Waals surface area contributed by atoms with Crippen molar-refractivity contribution in [1.82, 2.24) is 10.8 Å².